The Kier molecular flexibility index (Phi) is 3.34. The van der Waals surface area contributed by atoms with E-state index in [0.29, 0.717) is 0 Å². The van der Waals surface area contributed by atoms with Gasteiger partial charge in [0.1, 0.15) is 0 Å². The first kappa shape index (κ1) is 11.9. The highest BCUT2D eigenvalue weighted by molar-refractivity contribution is 5.85. The molecule has 0 spiro atoms. The maximum Gasteiger partial charge on any atom is 0.0488 e. The quantitative estimate of drug-likeness (QED) is 0.801. The van der Waals surface area contributed by atoms with Crippen molar-refractivity contribution in [2.24, 2.45) is 5.73 Å². The number of nitrogens with two attached hydrogens (primary N) is 1. The molecule has 0 fully saturated rings. The normalized spacial score (nSPS) is 12.9. The van der Waals surface area contributed by atoms with Crippen LogP contribution in [0.15, 0.2) is 36.9 Å². The Labute approximate surface area is 103 Å². The summed E-state index contributed by atoms with van der Waals surface area (Å²) in [5.74, 6) is 0. The molecule has 0 amide bonds. The molecule has 0 saturated carbocycles. The molecule has 17 heavy (non-hydrogen) atoms. The largest absolute Gasteiger partial charge is 0.341 e. The predicted octanol–water partition coefficient (Wildman–Crippen LogP) is 3.03. The Morgan fingerprint density at radius 2 is 2.12 bits per heavy atom. The van der Waals surface area contributed by atoms with Crippen LogP contribution < -0.4 is 5.73 Å². The molecule has 2 rings (SSSR count). The Morgan fingerprint density at radius 3 is 2.76 bits per heavy atom. The number of allylic oxidation sites excluding steroid dienone is 1. The van der Waals surface area contributed by atoms with E-state index in [1.54, 1.807) is 0 Å². The highest BCUT2D eigenvalue weighted by atomic mass is 15.0. The van der Waals surface area contributed by atoms with Gasteiger partial charge in [0.15, 0.2) is 0 Å². The van der Waals surface area contributed by atoms with Crippen LogP contribution in [0.1, 0.15) is 18.2 Å². The first-order valence-electron chi connectivity index (χ1n) is 6.08. The van der Waals surface area contributed by atoms with E-state index in [2.05, 4.69) is 49.3 Å². The smallest absolute Gasteiger partial charge is 0.0488 e. The lowest BCUT2D eigenvalue weighted by Gasteiger charge is -2.07. The van der Waals surface area contributed by atoms with Crippen LogP contribution in [0.2, 0.25) is 0 Å². The summed E-state index contributed by atoms with van der Waals surface area (Å²) in [5, 5.41) is 1.32. The second-order valence-electron chi connectivity index (χ2n) is 4.66. The third kappa shape index (κ3) is 2.13. The fourth-order valence-electron chi connectivity index (χ4n) is 2.45. The molecule has 0 aliphatic carbocycles. The maximum atomic E-state index is 5.94. The van der Waals surface area contributed by atoms with Crippen LogP contribution in [0, 0.1) is 6.92 Å². The lowest BCUT2D eigenvalue weighted by molar-refractivity contribution is 0.727. The van der Waals surface area contributed by atoms with Crippen LogP contribution in [0.25, 0.3) is 10.9 Å². The summed E-state index contributed by atoms with van der Waals surface area (Å²) in [5.41, 5.74) is 9.90. The van der Waals surface area contributed by atoms with Gasteiger partial charge in [-0.25, -0.2) is 0 Å². The monoisotopic (exact) mass is 228 g/mol. The van der Waals surface area contributed by atoms with Crippen LogP contribution in [-0.4, -0.2) is 10.6 Å². The molecule has 1 aromatic heterocycles. The zero-order chi connectivity index (χ0) is 12.4. The van der Waals surface area contributed by atoms with E-state index in [0.717, 1.165) is 13.0 Å². The van der Waals surface area contributed by atoms with E-state index in [-0.39, 0.29) is 6.04 Å². The molecule has 1 heterocycles. The van der Waals surface area contributed by atoms with Crippen LogP contribution in [0.3, 0.4) is 0 Å². The first-order valence-corrected chi connectivity index (χ1v) is 6.08. The van der Waals surface area contributed by atoms with Crippen molar-refractivity contribution >= 4 is 10.9 Å². The second kappa shape index (κ2) is 4.76. The average Bonchev–Trinajstić information content (AvgIpc) is 2.55. The van der Waals surface area contributed by atoms with Gasteiger partial charge >= 0.3 is 0 Å². The molecule has 90 valence electrons. The Bertz CT molecular complexity index is 535. The van der Waals surface area contributed by atoms with Gasteiger partial charge in [-0.1, -0.05) is 24.3 Å². The van der Waals surface area contributed by atoms with E-state index >= 15 is 0 Å². The molecule has 2 N–H and O–H groups in total. The summed E-state index contributed by atoms with van der Waals surface area (Å²) in [7, 11) is 0. The van der Waals surface area contributed by atoms with Crippen molar-refractivity contribution in [3.05, 3.63) is 48.2 Å². The fourth-order valence-corrected chi connectivity index (χ4v) is 2.45. The number of aromatic nitrogens is 1. The molecule has 2 heteroatoms. The number of para-hydroxylation sites is 1. The van der Waals surface area contributed by atoms with Crippen LogP contribution >= 0.6 is 0 Å². The van der Waals surface area contributed by atoms with Gasteiger partial charge in [0, 0.05) is 29.2 Å². The molecule has 2 nitrogen and oxygen atoms in total. The maximum absolute atomic E-state index is 5.94. The van der Waals surface area contributed by atoms with Gasteiger partial charge in [0.2, 0.25) is 0 Å². The van der Waals surface area contributed by atoms with E-state index in [9.17, 15) is 0 Å². The molecule has 0 radical (unpaired) electrons. The van der Waals surface area contributed by atoms with Gasteiger partial charge in [-0.2, -0.15) is 0 Å². The predicted molar refractivity (Wildman–Crippen MR) is 74.2 cm³/mol. The number of hydrogen-bond donors (Lipinski definition) is 1. The summed E-state index contributed by atoms with van der Waals surface area (Å²) in [6, 6.07) is 8.70. The Balaban J connectivity index is 2.65. The number of fused-ring (bicyclic) bond motifs is 1. The van der Waals surface area contributed by atoms with Crippen molar-refractivity contribution in [2.75, 3.05) is 0 Å². The van der Waals surface area contributed by atoms with Gasteiger partial charge < -0.3 is 10.3 Å². The number of benzene rings is 1. The minimum absolute atomic E-state index is 0.191. The molecule has 2 aromatic rings. The summed E-state index contributed by atoms with van der Waals surface area (Å²) < 4.78 is 2.31. The van der Waals surface area contributed by atoms with Gasteiger partial charge in [0.05, 0.1) is 0 Å². The SMILES string of the molecule is C=CCn1c(C)c(CC(C)N)c2ccccc21. The molecule has 1 aromatic carbocycles. The van der Waals surface area contributed by atoms with Crippen molar-refractivity contribution in [3.63, 3.8) is 0 Å². The van der Waals surface area contributed by atoms with E-state index in [4.69, 9.17) is 5.73 Å². The lowest BCUT2D eigenvalue weighted by atomic mass is 10.0. The average molecular weight is 228 g/mol. The molecule has 0 saturated heterocycles. The number of nitrogens with zero attached hydrogens (tertiary/aromatic N) is 1. The molecular weight excluding hydrogens is 208 g/mol. The second-order valence-corrected chi connectivity index (χ2v) is 4.66. The molecular formula is C15H20N2. The van der Waals surface area contributed by atoms with Crippen molar-refractivity contribution in [1.29, 1.82) is 0 Å². The summed E-state index contributed by atoms with van der Waals surface area (Å²) in [6.07, 6.45) is 2.87. The number of hydrogen-bond acceptors (Lipinski definition) is 1. The zero-order valence-corrected chi connectivity index (χ0v) is 10.6. The van der Waals surface area contributed by atoms with Gasteiger partial charge in [-0.05, 0) is 31.9 Å². The minimum atomic E-state index is 0.191. The van der Waals surface area contributed by atoms with Crippen molar-refractivity contribution in [3.8, 4) is 0 Å². The minimum Gasteiger partial charge on any atom is -0.341 e. The molecule has 1 unspecified atom stereocenters. The lowest BCUT2D eigenvalue weighted by Crippen LogP contribution is -2.18. The van der Waals surface area contributed by atoms with Crippen molar-refractivity contribution < 1.29 is 0 Å². The van der Waals surface area contributed by atoms with Gasteiger partial charge in [0.25, 0.3) is 0 Å². The third-order valence-corrected chi connectivity index (χ3v) is 3.20. The van der Waals surface area contributed by atoms with E-state index in [1.807, 2.05) is 6.08 Å². The fraction of sp³-hybridized carbons (Fsp3) is 0.333. The first-order chi connectivity index (χ1) is 8.15. The zero-order valence-electron chi connectivity index (χ0n) is 10.6. The summed E-state index contributed by atoms with van der Waals surface area (Å²) in [6.45, 7) is 8.90. The van der Waals surface area contributed by atoms with Crippen molar-refractivity contribution in [1.82, 2.24) is 4.57 Å². The van der Waals surface area contributed by atoms with E-state index in [1.165, 1.54) is 22.2 Å². The molecule has 1 atom stereocenters. The third-order valence-electron chi connectivity index (χ3n) is 3.20. The van der Waals surface area contributed by atoms with Gasteiger partial charge in [-0.3, -0.25) is 0 Å². The highest BCUT2D eigenvalue weighted by Crippen LogP contribution is 2.26. The van der Waals surface area contributed by atoms with Crippen LogP contribution in [0.5, 0.6) is 0 Å². The summed E-state index contributed by atoms with van der Waals surface area (Å²) >= 11 is 0. The highest BCUT2D eigenvalue weighted by Gasteiger charge is 2.13. The van der Waals surface area contributed by atoms with Crippen molar-refractivity contribution in [2.45, 2.75) is 32.9 Å². The number of rotatable bonds is 4. The molecule has 0 aliphatic heterocycles. The molecule has 0 bridgehead atoms. The van der Waals surface area contributed by atoms with Crippen LogP contribution in [-0.2, 0) is 13.0 Å². The van der Waals surface area contributed by atoms with E-state index < -0.39 is 0 Å². The Hall–Kier alpha value is -1.54. The van der Waals surface area contributed by atoms with Gasteiger partial charge in [-0.15, -0.1) is 6.58 Å². The summed E-state index contributed by atoms with van der Waals surface area (Å²) in [4.78, 5) is 0. The Morgan fingerprint density at radius 1 is 1.41 bits per heavy atom. The van der Waals surface area contributed by atoms with Crippen LogP contribution in [0.4, 0.5) is 0 Å². The standard InChI is InChI=1S/C15H20N2/c1-4-9-17-12(3)14(10-11(2)16)13-7-5-6-8-15(13)17/h4-8,11H,1,9-10,16H2,2-3H3. The molecule has 0 aliphatic rings. The topological polar surface area (TPSA) is 30.9 Å².